The lowest BCUT2D eigenvalue weighted by Gasteiger charge is -2.28. The van der Waals surface area contributed by atoms with Crippen LogP contribution in [0.1, 0.15) is 5.69 Å². The number of morpholine rings is 1. The summed E-state index contributed by atoms with van der Waals surface area (Å²) in [5.41, 5.74) is 4.27. The molecule has 4 aromatic heterocycles. The van der Waals surface area contributed by atoms with Gasteiger partial charge in [0.05, 0.1) is 43.1 Å². The quantitative estimate of drug-likeness (QED) is 0.264. The Morgan fingerprint density at radius 2 is 1.97 bits per heavy atom. The summed E-state index contributed by atoms with van der Waals surface area (Å²) in [7, 11) is -1.14. The highest BCUT2D eigenvalue weighted by Gasteiger charge is 2.21. The van der Waals surface area contributed by atoms with E-state index in [-0.39, 0.29) is 13.3 Å². The van der Waals surface area contributed by atoms with Crippen molar-refractivity contribution in [2.75, 3.05) is 37.8 Å². The molecule has 1 N–H and O–H groups in total. The molecule has 1 fully saturated rings. The second kappa shape index (κ2) is 10.4. The van der Waals surface area contributed by atoms with Gasteiger partial charge in [-0.1, -0.05) is 19.6 Å². The van der Waals surface area contributed by atoms with E-state index < -0.39 is 8.07 Å². The lowest BCUT2D eigenvalue weighted by atomic mass is 10.1. The van der Waals surface area contributed by atoms with Gasteiger partial charge in [0.15, 0.2) is 12.4 Å². The number of tetrazole rings is 1. The number of aliphatic hydroxyl groups excluding tert-OH is 1. The fourth-order valence-corrected chi connectivity index (χ4v) is 4.78. The topological polar surface area (TPSA) is 129 Å². The zero-order valence-electron chi connectivity index (χ0n) is 20.8. The van der Waals surface area contributed by atoms with Crippen LogP contribution in [-0.2, 0) is 22.8 Å². The molecule has 0 amide bonds. The number of aliphatic hydroxyl groups is 1. The number of nitrogens with zero attached hydrogens (tertiary/aromatic N) is 9. The van der Waals surface area contributed by atoms with E-state index in [0.29, 0.717) is 48.4 Å². The molecule has 190 valence electrons. The molecule has 12 nitrogen and oxygen atoms in total. The summed E-state index contributed by atoms with van der Waals surface area (Å²) in [6, 6.07) is 6.76. The van der Waals surface area contributed by atoms with E-state index in [9.17, 15) is 5.11 Å². The van der Waals surface area contributed by atoms with Gasteiger partial charge in [-0.2, -0.15) is 5.10 Å². The minimum Gasteiger partial charge on any atom is -0.390 e. The number of aromatic nitrogens is 8. The third-order valence-corrected chi connectivity index (χ3v) is 7.70. The first-order chi connectivity index (χ1) is 17.4. The lowest BCUT2D eigenvalue weighted by Crippen LogP contribution is -2.36. The Bertz CT molecular complexity index is 1310. The Morgan fingerprint density at radius 3 is 2.69 bits per heavy atom. The van der Waals surface area contributed by atoms with Crippen molar-refractivity contribution in [3.05, 3.63) is 36.3 Å². The zero-order valence-corrected chi connectivity index (χ0v) is 21.8. The van der Waals surface area contributed by atoms with E-state index in [2.05, 4.69) is 50.0 Å². The van der Waals surface area contributed by atoms with Crippen LogP contribution in [0.4, 0.5) is 5.69 Å². The predicted octanol–water partition coefficient (Wildman–Crippen LogP) is 2.09. The average molecular weight is 510 g/mol. The van der Waals surface area contributed by atoms with Gasteiger partial charge in [0.2, 0.25) is 5.82 Å². The Balaban J connectivity index is 1.36. The van der Waals surface area contributed by atoms with Crippen LogP contribution in [0.3, 0.4) is 0 Å². The molecule has 0 unspecified atom stereocenters. The summed E-state index contributed by atoms with van der Waals surface area (Å²) in [5.74, 6) is 0.420. The second-order valence-electron chi connectivity index (χ2n) is 9.88. The van der Waals surface area contributed by atoms with E-state index in [0.717, 1.165) is 30.4 Å². The van der Waals surface area contributed by atoms with Crippen LogP contribution in [0, 0.1) is 0 Å². The number of anilines is 1. The maximum absolute atomic E-state index is 10.1. The number of fused-ring (bicyclic) bond motifs is 1. The van der Waals surface area contributed by atoms with Crippen molar-refractivity contribution in [2.45, 2.75) is 39.0 Å². The van der Waals surface area contributed by atoms with Crippen LogP contribution in [0.25, 0.3) is 28.4 Å². The minimum atomic E-state index is -1.14. The number of ether oxygens (including phenoxy) is 2. The minimum absolute atomic E-state index is 0.212. The first-order valence-corrected chi connectivity index (χ1v) is 15.8. The highest BCUT2D eigenvalue weighted by Crippen LogP contribution is 2.30. The van der Waals surface area contributed by atoms with Crippen LogP contribution < -0.4 is 4.90 Å². The molecule has 1 aliphatic rings. The van der Waals surface area contributed by atoms with Crippen molar-refractivity contribution in [2.24, 2.45) is 0 Å². The zero-order chi connectivity index (χ0) is 25.1. The fourth-order valence-electron chi connectivity index (χ4n) is 4.02. The van der Waals surface area contributed by atoms with Crippen LogP contribution in [-0.4, -0.2) is 85.9 Å². The average Bonchev–Trinajstić information content (AvgIpc) is 3.51. The van der Waals surface area contributed by atoms with E-state index in [4.69, 9.17) is 14.5 Å². The third-order valence-electron chi connectivity index (χ3n) is 5.99. The van der Waals surface area contributed by atoms with Crippen molar-refractivity contribution in [1.82, 2.24) is 39.8 Å². The summed E-state index contributed by atoms with van der Waals surface area (Å²) in [6.45, 7) is 10.6. The molecule has 0 radical (unpaired) electrons. The van der Waals surface area contributed by atoms with Gasteiger partial charge in [-0.25, -0.2) is 9.50 Å². The fraction of sp³-hybridized carbons (Fsp3) is 0.478. The molecule has 0 atom stereocenters. The monoisotopic (exact) mass is 509 g/mol. The maximum atomic E-state index is 10.1. The molecule has 1 aliphatic heterocycles. The molecule has 13 heteroatoms. The SMILES string of the molecule is C[Si](C)(C)CCOCn1nnc(-c2ccc(-c3c(CO)nc4c(N5CCOCC5)ccnn34)cn2)n1. The first kappa shape index (κ1) is 24.4. The van der Waals surface area contributed by atoms with Gasteiger partial charge in [0.1, 0.15) is 5.69 Å². The number of imidazole rings is 1. The molecule has 0 saturated carbocycles. The van der Waals surface area contributed by atoms with Crippen LogP contribution >= 0.6 is 0 Å². The third kappa shape index (κ3) is 5.28. The molecule has 5 heterocycles. The van der Waals surface area contributed by atoms with Gasteiger partial charge in [-0.05, 0) is 29.5 Å². The van der Waals surface area contributed by atoms with E-state index >= 15 is 0 Å². The van der Waals surface area contributed by atoms with E-state index in [1.54, 1.807) is 16.9 Å². The molecular weight excluding hydrogens is 478 g/mol. The van der Waals surface area contributed by atoms with Crippen LogP contribution in [0.5, 0.6) is 0 Å². The Labute approximate surface area is 209 Å². The van der Waals surface area contributed by atoms with Gasteiger partial charge in [-0.3, -0.25) is 4.98 Å². The number of hydrogen-bond acceptors (Lipinski definition) is 10. The number of pyridine rings is 1. The van der Waals surface area contributed by atoms with Crippen LogP contribution in [0.15, 0.2) is 30.6 Å². The summed E-state index contributed by atoms with van der Waals surface area (Å²) in [5, 5.41) is 27.2. The summed E-state index contributed by atoms with van der Waals surface area (Å²) in [4.78, 5) is 12.9. The van der Waals surface area contributed by atoms with Gasteiger partial charge >= 0.3 is 0 Å². The Hall–Kier alpha value is -3.26. The highest BCUT2D eigenvalue weighted by molar-refractivity contribution is 6.76. The smallest absolute Gasteiger partial charge is 0.223 e. The summed E-state index contributed by atoms with van der Waals surface area (Å²) >= 11 is 0. The molecule has 0 spiro atoms. The molecular formula is C23H31N9O3Si. The van der Waals surface area contributed by atoms with Gasteiger partial charge < -0.3 is 19.5 Å². The van der Waals surface area contributed by atoms with Crippen LogP contribution in [0.2, 0.25) is 25.7 Å². The molecule has 0 bridgehead atoms. The lowest BCUT2D eigenvalue weighted by molar-refractivity contribution is 0.0674. The van der Waals surface area contributed by atoms with Gasteiger partial charge in [0, 0.05) is 39.5 Å². The summed E-state index contributed by atoms with van der Waals surface area (Å²) < 4.78 is 12.9. The van der Waals surface area contributed by atoms with Crippen molar-refractivity contribution in [1.29, 1.82) is 0 Å². The van der Waals surface area contributed by atoms with E-state index in [1.165, 1.54) is 4.80 Å². The molecule has 0 aromatic carbocycles. The molecule has 1 saturated heterocycles. The largest absolute Gasteiger partial charge is 0.390 e. The second-order valence-corrected chi connectivity index (χ2v) is 15.5. The van der Waals surface area contributed by atoms with Crippen molar-refractivity contribution in [3.8, 4) is 22.8 Å². The Morgan fingerprint density at radius 1 is 1.14 bits per heavy atom. The molecule has 36 heavy (non-hydrogen) atoms. The predicted molar refractivity (Wildman–Crippen MR) is 136 cm³/mol. The highest BCUT2D eigenvalue weighted by atomic mass is 28.3. The Kier molecular flexibility index (Phi) is 7.05. The molecule has 5 rings (SSSR count). The van der Waals surface area contributed by atoms with Gasteiger partial charge in [-0.15, -0.1) is 15.0 Å². The van der Waals surface area contributed by atoms with E-state index in [1.807, 2.05) is 18.2 Å². The normalized spacial score (nSPS) is 14.6. The van der Waals surface area contributed by atoms with Crippen molar-refractivity contribution < 1.29 is 14.6 Å². The molecule has 0 aliphatic carbocycles. The molecule has 4 aromatic rings. The van der Waals surface area contributed by atoms with Crippen molar-refractivity contribution >= 4 is 19.4 Å². The summed E-state index contributed by atoms with van der Waals surface area (Å²) in [6.07, 6.45) is 3.46. The number of rotatable bonds is 9. The number of hydrogen-bond donors (Lipinski definition) is 1. The standard InChI is InChI=1S/C23H31N9O3Si/c1-36(2,3)13-12-35-16-31-28-22(27-29-31)18-5-4-17(14-24-18)21-19(15-33)26-23-20(6-7-25-32(21)23)30-8-10-34-11-9-30/h4-7,14,33H,8-13,15-16H2,1-3H3. The first-order valence-electron chi connectivity index (χ1n) is 12.1. The van der Waals surface area contributed by atoms with Gasteiger partial charge in [0.25, 0.3) is 0 Å². The van der Waals surface area contributed by atoms with Crippen molar-refractivity contribution in [3.63, 3.8) is 0 Å². The maximum Gasteiger partial charge on any atom is 0.223 e.